The van der Waals surface area contributed by atoms with E-state index in [1.807, 2.05) is 42.1 Å². The number of β-amino-alcohol motifs (C(OH)–C–C–N with tert-alkyl or cyclic N) is 1. The second-order valence-electron chi connectivity index (χ2n) is 9.30. The van der Waals surface area contributed by atoms with E-state index in [4.69, 9.17) is 16.3 Å². The Bertz CT molecular complexity index is 1080. The maximum Gasteiger partial charge on any atom is 0.134 e. The number of halogens is 1. The normalized spacial score (nSPS) is 18.0. The van der Waals surface area contributed by atoms with E-state index >= 15 is 0 Å². The molecule has 2 atom stereocenters. The van der Waals surface area contributed by atoms with Crippen molar-refractivity contribution in [3.05, 3.63) is 70.9 Å². The molecule has 0 radical (unpaired) electrons. The third-order valence-electron chi connectivity index (χ3n) is 6.18. The molecule has 33 heavy (non-hydrogen) atoms. The number of nitrogens with zero attached hydrogens (tertiary/aromatic N) is 2. The fourth-order valence-corrected chi connectivity index (χ4v) is 5.81. The van der Waals surface area contributed by atoms with Crippen molar-refractivity contribution >= 4 is 34.3 Å². The molecule has 7 heteroatoms. The van der Waals surface area contributed by atoms with Crippen molar-refractivity contribution in [1.82, 2.24) is 15.2 Å². The molecule has 2 heterocycles. The van der Waals surface area contributed by atoms with Crippen molar-refractivity contribution in [1.29, 1.82) is 0 Å². The first-order chi connectivity index (χ1) is 15.8. The number of methoxy groups -OCH3 is 1. The number of pyridine rings is 1. The van der Waals surface area contributed by atoms with Gasteiger partial charge in [-0.3, -0.25) is 4.90 Å². The summed E-state index contributed by atoms with van der Waals surface area (Å²) in [6, 6.07) is 18.4. The first-order valence-corrected chi connectivity index (χ1v) is 12.8. The summed E-state index contributed by atoms with van der Waals surface area (Å²) in [6.07, 6.45) is 0.396. The number of nitrogens with one attached hydrogen (secondary N) is 1. The molecule has 4 rings (SSSR count). The van der Waals surface area contributed by atoms with E-state index in [1.165, 1.54) is 5.56 Å². The summed E-state index contributed by atoms with van der Waals surface area (Å²) >= 11 is 8.35. The molecule has 2 aromatic carbocycles. The van der Waals surface area contributed by atoms with E-state index in [9.17, 15) is 5.11 Å². The lowest BCUT2D eigenvalue weighted by molar-refractivity contribution is 0.0684. The highest BCUT2D eigenvalue weighted by Gasteiger charge is 2.32. The van der Waals surface area contributed by atoms with Crippen molar-refractivity contribution in [3.63, 3.8) is 0 Å². The largest absolute Gasteiger partial charge is 0.497 e. The number of benzene rings is 2. The van der Waals surface area contributed by atoms with Crippen molar-refractivity contribution in [2.45, 2.75) is 44.5 Å². The Labute approximate surface area is 205 Å². The molecule has 2 unspecified atom stereocenters. The zero-order valence-electron chi connectivity index (χ0n) is 19.4. The van der Waals surface area contributed by atoms with Gasteiger partial charge in [-0.2, -0.15) is 0 Å². The fraction of sp³-hybridized carbons (Fsp3) is 0.423. The number of para-hydroxylation sites is 1. The van der Waals surface area contributed by atoms with Crippen LogP contribution in [0.3, 0.4) is 0 Å². The molecule has 2 N–H and O–H groups in total. The number of thioether (sulfide) groups is 1. The van der Waals surface area contributed by atoms with Gasteiger partial charge in [-0.25, -0.2) is 4.98 Å². The lowest BCUT2D eigenvalue weighted by Crippen LogP contribution is -2.50. The van der Waals surface area contributed by atoms with E-state index < -0.39 is 6.10 Å². The molecule has 3 aromatic rings. The van der Waals surface area contributed by atoms with Gasteiger partial charge in [-0.1, -0.05) is 41.9 Å². The number of hydrogen-bond acceptors (Lipinski definition) is 6. The van der Waals surface area contributed by atoms with Gasteiger partial charge in [0.1, 0.15) is 10.9 Å². The Morgan fingerprint density at radius 2 is 2.00 bits per heavy atom. The molecule has 0 saturated carbocycles. The average Bonchev–Trinajstić information content (AvgIpc) is 3.26. The van der Waals surface area contributed by atoms with Gasteiger partial charge in [0.25, 0.3) is 0 Å². The molecule has 0 bridgehead atoms. The maximum atomic E-state index is 11.1. The second kappa shape index (κ2) is 10.6. The molecular weight excluding hydrogens is 454 g/mol. The molecule has 0 spiro atoms. The van der Waals surface area contributed by atoms with E-state index in [0.29, 0.717) is 18.2 Å². The third-order valence-corrected chi connectivity index (χ3v) is 7.60. The predicted molar refractivity (Wildman–Crippen MR) is 138 cm³/mol. The van der Waals surface area contributed by atoms with Crippen LogP contribution in [0.1, 0.15) is 25.0 Å². The Balaban J connectivity index is 1.36. The van der Waals surface area contributed by atoms with Crippen LogP contribution >= 0.6 is 23.4 Å². The Hall–Kier alpha value is -1.83. The summed E-state index contributed by atoms with van der Waals surface area (Å²) in [4.78, 5) is 6.87. The summed E-state index contributed by atoms with van der Waals surface area (Å²) in [7, 11) is 1.68. The van der Waals surface area contributed by atoms with Crippen LogP contribution in [0.5, 0.6) is 5.75 Å². The van der Waals surface area contributed by atoms with E-state index in [-0.39, 0.29) is 11.6 Å². The average molecular weight is 486 g/mol. The number of fused-ring (bicyclic) bond motifs is 1. The standard InChI is InChI=1S/C26H32ClN3O2S/c1-26(2,13-18-8-10-21(32-3)11-9-18)28-14-24(31)23-16-33-17-30(23)15-20-12-19-6-4-5-7-22(19)29-25(20)27/h4-12,23-24,28,31H,13-17H2,1-3H3. The fourth-order valence-electron chi connectivity index (χ4n) is 4.31. The van der Waals surface area contributed by atoms with E-state index in [1.54, 1.807) is 7.11 Å². The predicted octanol–water partition coefficient (Wildman–Crippen LogP) is 4.74. The van der Waals surface area contributed by atoms with Crippen LogP contribution in [-0.2, 0) is 13.0 Å². The van der Waals surface area contributed by atoms with E-state index in [2.05, 4.69) is 53.3 Å². The van der Waals surface area contributed by atoms with Crippen molar-refractivity contribution < 1.29 is 9.84 Å². The summed E-state index contributed by atoms with van der Waals surface area (Å²) in [5, 5.41) is 16.3. The van der Waals surface area contributed by atoms with Crippen LogP contribution in [0.25, 0.3) is 10.9 Å². The molecule has 1 aliphatic rings. The molecule has 1 fully saturated rings. The minimum absolute atomic E-state index is 0.0711. The van der Waals surface area contributed by atoms with Gasteiger partial charge in [0.15, 0.2) is 0 Å². The quantitative estimate of drug-likeness (QED) is 0.427. The summed E-state index contributed by atoms with van der Waals surface area (Å²) < 4.78 is 5.25. The van der Waals surface area contributed by atoms with Gasteiger partial charge < -0.3 is 15.2 Å². The maximum absolute atomic E-state index is 11.1. The minimum atomic E-state index is -0.470. The van der Waals surface area contributed by atoms with Crippen LogP contribution in [0, 0.1) is 0 Å². The highest BCUT2D eigenvalue weighted by molar-refractivity contribution is 7.99. The molecule has 5 nitrogen and oxygen atoms in total. The molecular formula is C26H32ClN3O2S. The molecule has 1 aliphatic heterocycles. The number of aliphatic hydroxyl groups excluding tert-OH is 1. The molecule has 1 saturated heterocycles. The van der Waals surface area contributed by atoms with Gasteiger partial charge in [0.2, 0.25) is 0 Å². The topological polar surface area (TPSA) is 57.6 Å². The van der Waals surface area contributed by atoms with Gasteiger partial charge in [0.05, 0.1) is 18.7 Å². The number of hydrogen-bond donors (Lipinski definition) is 2. The number of rotatable bonds is 9. The highest BCUT2D eigenvalue weighted by atomic mass is 35.5. The second-order valence-corrected chi connectivity index (χ2v) is 10.7. The van der Waals surface area contributed by atoms with Crippen molar-refractivity contribution in [2.75, 3.05) is 25.3 Å². The Morgan fingerprint density at radius 1 is 1.24 bits per heavy atom. The first-order valence-electron chi connectivity index (χ1n) is 11.3. The number of aliphatic hydroxyl groups is 1. The van der Waals surface area contributed by atoms with Crippen LogP contribution in [0.4, 0.5) is 0 Å². The monoisotopic (exact) mass is 485 g/mol. The number of ether oxygens (including phenoxy) is 1. The molecule has 176 valence electrons. The van der Waals surface area contributed by atoms with Crippen molar-refractivity contribution in [3.8, 4) is 5.75 Å². The van der Waals surface area contributed by atoms with Gasteiger partial charge in [0, 0.05) is 47.2 Å². The highest BCUT2D eigenvalue weighted by Crippen LogP contribution is 2.29. The minimum Gasteiger partial charge on any atom is -0.497 e. The summed E-state index contributed by atoms with van der Waals surface area (Å²) in [5.74, 6) is 2.64. The van der Waals surface area contributed by atoms with Crippen LogP contribution in [0.15, 0.2) is 54.6 Å². The van der Waals surface area contributed by atoms with Crippen LogP contribution in [0.2, 0.25) is 5.15 Å². The Morgan fingerprint density at radius 3 is 2.76 bits per heavy atom. The van der Waals surface area contributed by atoms with Gasteiger partial charge in [-0.05, 0) is 50.1 Å². The van der Waals surface area contributed by atoms with Gasteiger partial charge >= 0.3 is 0 Å². The third kappa shape index (κ3) is 6.19. The number of aromatic nitrogens is 1. The van der Waals surface area contributed by atoms with Crippen LogP contribution < -0.4 is 10.1 Å². The van der Waals surface area contributed by atoms with Gasteiger partial charge in [-0.15, -0.1) is 11.8 Å². The molecule has 0 amide bonds. The lowest BCUT2D eigenvalue weighted by atomic mass is 9.94. The van der Waals surface area contributed by atoms with Crippen molar-refractivity contribution in [2.24, 2.45) is 0 Å². The lowest BCUT2D eigenvalue weighted by Gasteiger charge is -2.32. The zero-order chi connectivity index (χ0) is 23.4. The zero-order valence-corrected chi connectivity index (χ0v) is 21.0. The first kappa shape index (κ1) is 24.3. The SMILES string of the molecule is COc1ccc(CC(C)(C)NCC(O)C2CSCN2Cc2cc3ccccc3nc2Cl)cc1. The van der Waals surface area contributed by atoms with Crippen LogP contribution in [-0.4, -0.2) is 58.0 Å². The Kier molecular flexibility index (Phi) is 7.82. The smallest absolute Gasteiger partial charge is 0.134 e. The summed E-state index contributed by atoms with van der Waals surface area (Å²) in [6.45, 7) is 5.56. The molecule has 1 aromatic heterocycles. The molecule has 0 aliphatic carbocycles. The summed E-state index contributed by atoms with van der Waals surface area (Å²) in [5.41, 5.74) is 3.00. The van der Waals surface area contributed by atoms with E-state index in [0.717, 1.165) is 40.3 Å².